The summed E-state index contributed by atoms with van der Waals surface area (Å²) in [7, 11) is 0. The second-order valence-corrected chi connectivity index (χ2v) is 4.90. The summed E-state index contributed by atoms with van der Waals surface area (Å²) in [5.41, 5.74) is 0.304. The summed E-state index contributed by atoms with van der Waals surface area (Å²) in [4.78, 5) is 10.9. The van der Waals surface area contributed by atoms with Gasteiger partial charge in [-0.1, -0.05) is 6.92 Å². The van der Waals surface area contributed by atoms with Crippen molar-refractivity contribution in [3.8, 4) is 5.88 Å². The predicted molar refractivity (Wildman–Crippen MR) is 74.3 cm³/mol. The summed E-state index contributed by atoms with van der Waals surface area (Å²) in [5.74, 6) is 0.136. The fraction of sp³-hybridized carbons (Fsp3) is 0.769. The Morgan fingerprint density at radius 2 is 2.38 bits per heavy atom. The maximum atomic E-state index is 11.3. The van der Waals surface area contributed by atoms with Crippen LogP contribution in [0.2, 0.25) is 0 Å². The molecular formula is C13H21N3O5. The van der Waals surface area contributed by atoms with Crippen molar-refractivity contribution in [3.05, 3.63) is 15.8 Å². The van der Waals surface area contributed by atoms with Gasteiger partial charge < -0.3 is 14.6 Å². The van der Waals surface area contributed by atoms with Crippen LogP contribution < -0.4 is 4.74 Å². The largest absolute Gasteiger partial charge is 0.473 e. The first kappa shape index (κ1) is 15.7. The first-order valence-electron chi connectivity index (χ1n) is 7.30. The maximum Gasteiger partial charge on any atom is 0.353 e. The van der Waals surface area contributed by atoms with Gasteiger partial charge in [0.1, 0.15) is 5.69 Å². The summed E-state index contributed by atoms with van der Waals surface area (Å²) in [5, 5.41) is 24.5. The van der Waals surface area contributed by atoms with E-state index in [1.807, 2.05) is 6.92 Å². The van der Waals surface area contributed by atoms with E-state index in [4.69, 9.17) is 14.6 Å². The molecule has 21 heavy (non-hydrogen) atoms. The SMILES string of the molecule is CCc1nn(C2CCCCO2)c(OCCCO)c1[N+](=O)[O-]. The number of aliphatic hydroxyl groups excluding tert-OH is 1. The molecule has 1 N–H and O–H groups in total. The molecule has 1 atom stereocenters. The van der Waals surface area contributed by atoms with E-state index >= 15 is 0 Å². The van der Waals surface area contributed by atoms with Crippen molar-refractivity contribution < 1.29 is 19.5 Å². The number of rotatable bonds is 7. The molecule has 0 aromatic carbocycles. The van der Waals surface area contributed by atoms with E-state index in [1.54, 1.807) is 0 Å². The van der Waals surface area contributed by atoms with Gasteiger partial charge in [-0.15, -0.1) is 0 Å². The summed E-state index contributed by atoms with van der Waals surface area (Å²) in [6, 6.07) is 0. The first-order chi connectivity index (χ1) is 10.2. The Bertz CT molecular complexity index is 482. The lowest BCUT2D eigenvalue weighted by Crippen LogP contribution is -2.20. The maximum absolute atomic E-state index is 11.3. The number of hydrogen-bond donors (Lipinski definition) is 1. The number of nitro groups is 1. The molecule has 8 nitrogen and oxygen atoms in total. The average molecular weight is 299 g/mol. The Hall–Kier alpha value is -1.67. The van der Waals surface area contributed by atoms with Gasteiger partial charge in [0.05, 0.1) is 11.5 Å². The molecule has 1 saturated heterocycles. The lowest BCUT2D eigenvalue weighted by atomic mass is 10.2. The normalized spacial score (nSPS) is 18.7. The van der Waals surface area contributed by atoms with Gasteiger partial charge in [-0.25, -0.2) is 0 Å². The minimum atomic E-state index is -0.459. The lowest BCUT2D eigenvalue weighted by Gasteiger charge is -2.23. The van der Waals surface area contributed by atoms with Crippen LogP contribution in [0.1, 0.15) is 44.5 Å². The van der Waals surface area contributed by atoms with Gasteiger partial charge in [0.15, 0.2) is 6.23 Å². The topological polar surface area (TPSA) is 99.7 Å². The zero-order valence-corrected chi connectivity index (χ0v) is 12.2. The molecule has 118 valence electrons. The first-order valence-corrected chi connectivity index (χ1v) is 7.30. The third-order valence-electron chi connectivity index (χ3n) is 3.40. The minimum Gasteiger partial charge on any atom is -0.473 e. The summed E-state index contributed by atoms with van der Waals surface area (Å²) >= 11 is 0. The van der Waals surface area contributed by atoms with Gasteiger partial charge in [0.2, 0.25) is 0 Å². The molecule has 2 rings (SSSR count). The van der Waals surface area contributed by atoms with Crippen molar-refractivity contribution in [3.63, 3.8) is 0 Å². The Morgan fingerprint density at radius 3 is 2.95 bits per heavy atom. The van der Waals surface area contributed by atoms with Gasteiger partial charge in [0, 0.05) is 19.6 Å². The van der Waals surface area contributed by atoms with E-state index in [0.717, 1.165) is 19.3 Å². The highest BCUT2D eigenvalue weighted by Gasteiger charge is 2.32. The van der Waals surface area contributed by atoms with Gasteiger partial charge in [-0.05, 0) is 25.7 Å². The molecule has 1 aromatic rings. The van der Waals surface area contributed by atoms with Crippen LogP contribution in [0.15, 0.2) is 0 Å². The van der Waals surface area contributed by atoms with E-state index in [1.165, 1.54) is 4.68 Å². The molecule has 1 aliphatic heterocycles. The number of nitrogens with zero attached hydrogens (tertiary/aromatic N) is 3. The molecule has 0 bridgehead atoms. The molecule has 0 radical (unpaired) electrons. The molecule has 2 heterocycles. The van der Waals surface area contributed by atoms with Crippen LogP contribution in [0.4, 0.5) is 5.69 Å². The zero-order valence-electron chi connectivity index (χ0n) is 12.2. The van der Waals surface area contributed by atoms with E-state index in [9.17, 15) is 10.1 Å². The highest BCUT2D eigenvalue weighted by atomic mass is 16.6. The van der Waals surface area contributed by atoms with Crippen LogP contribution in [0.25, 0.3) is 0 Å². The predicted octanol–water partition coefficient (Wildman–Crippen LogP) is 1.81. The molecule has 0 aliphatic carbocycles. The molecule has 0 saturated carbocycles. The van der Waals surface area contributed by atoms with E-state index < -0.39 is 4.92 Å². The average Bonchev–Trinajstić information content (AvgIpc) is 2.87. The van der Waals surface area contributed by atoms with Crippen LogP contribution in [-0.2, 0) is 11.2 Å². The fourth-order valence-electron chi connectivity index (χ4n) is 2.36. The second-order valence-electron chi connectivity index (χ2n) is 4.90. The third kappa shape index (κ3) is 3.51. The third-order valence-corrected chi connectivity index (χ3v) is 3.40. The standard InChI is InChI=1S/C13H21N3O5/c1-2-10-12(16(18)19)13(21-9-5-7-17)15(14-10)11-6-3-4-8-20-11/h11,17H,2-9H2,1H3. The van der Waals surface area contributed by atoms with Crippen LogP contribution in [0, 0.1) is 10.1 Å². The molecule has 0 amide bonds. The Morgan fingerprint density at radius 1 is 1.57 bits per heavy atom. The van der Waals surface area contributed by atoms with E-state index in [0.29, 0.717) is 25.1 Å². The molecule has 8 heteroatoms. The Labute approximate surface area is 122 Å². The van der Waals surface area contributed by atoms with Gasteiger partial charge in [-0.2, -0.15) is 9.78 Å². The van der Waals surface area contributed by atoms with Crippen molar-refractivity contribution in [2.75, 3.05) is 19.8 Å². The van der Waals surface area contributed by atoms with E-state index in [-0.39, 0.29) is 31.0 Å². The monoisotopic (exact) mass is 299 g/mol. The number of aryl methyl sites for hydroxylation is 1. The smallest absolute Gasteiger partial charge is 0.353 e. The molecular weight excluding hydrogens is 278 g/mol. The lowest BCUT2D eigenvalue weighted by molar-refractivity contribution is -0.386. The fourth-order valence-corrected chi connectivity index (χ4v) is 2.36. The molecule has 1 fully saturated rings. The van der Waals surface area contributed by atoms with Crippen LogP contribution in [0.5, 0.6) is 5.88 Å². The zero-order chi connectivity index (χ0) is 15.2. The summed E-state index contributed by atoms with van der Waals surface area (Å²) < 4.78 is 12.7. The molecule has 1 aromatic heterocycles. The quantitative estimate of drug-likeness (QED) is 0.468. The number of aromatic nitrogens is 2. The number of aliphatic hydroxyl groups is 1. The van der Waals surface area contributed by atoms with Gasteiger partial charge in [-0.3, -0.25) is 10.1 Å². The number of ether oxygens (including phenoxy) is 2. The summed E-state index contributed by atoms with van der Waals surface area (Å²) in [6.45, 7) is 2.62. The molecule has 0 spiro atoms. The van der Waals surface area contributed by atoms with Crippen molar-refractivity contribution >= 4 is 5.69 Å². The van der Waals surface area contributed by atoms with Gasteiger partial charge in [0.25, 0.3) is 5.88 Å². The minimum absolute atomic E-state index is 0.0253. The Balaban J connectivity index is 2.33. The molecule has 1 aliphatic rings. The van der Waals surface area contributed by atoms with Gasteiger partial charge >= 0.3 is 5.69 Å². The second kappa shape index (κ2) is 7.37. The Kier molecular flexibility index (Phi) is 5.51. The molecule has 1 unspecified atom stereocenters. The van der Waals surface area contributed by atoms with Crippen molar-refractivity contribution in [1.82, 2.24) is 9.78 Å². The highest BCUT2D eigenvalue weighted by molar-refractivity contribution is 5.46. The highest BCUT2D eigenvalue weighted by Crippen LogP contribution is 2.36. The summed E-state index contributed by atoms with van der Waals surface area (Å²) in [6.07, 6.45) is 3.29. The number of hydrogen-bond acceptors (Lipinski definition) is 6. The van der Waals surface area contributed by atoms with Crippen molar-refractivity contribution in [1.29, 1.82) is 0 Å². The van der Waals surface area contributed by atoms with Crippen molar-refractivity contribution in [2.24, 2.45) is 0 Å². The van der Waals surface area contributed by atoms with E-state index in [2.05, 4.69) is 5.10 Å². The van der Waals surface area contributed by atoms with Crippen molar-refractivity contribution in [2.45, 2.75) is 45.3 Å². The van der Waals surface area contributed by atoms with Crippen LogP contribution in [-0.4, -0.2) is 39.6 Å². The van der Waals surface area contributed by atoms with Crippen LogP contribution in [0.3, 0.4) is 0 Å². The van der Waals surface area contributed by atoms with Crippen LogP contribution >= 0.6 is 0 Å².